The molecule has 1 aliphatic heterocycles. The minimum absolute atomic E-state index is 0.161. The molecule has 0 unspecified atom stereocenters. The lowest BCUT2D eigenvalue weighted by Crippen LogP contribution is -2.31. The van der Waals surface area contributed by atoms with Crippen LogP contribution in [-0.4, -0.2) is 33.4 Å². The number of rotatable bonds is 3. The second-order valence-electron chi connectivity index (χ2n) is 5.33. The van der Waals surface area contributed by atoms with Crippen molar-refractivity contribution in [3.8, 4) is 0 Å². The van der Waals surface area contributed by atoms with Gasteiger partial charge >= 0.3 is 0 Å². The van der Waals surface area contributed by atoms with Crippen LogP contribution < -0.4 is 0 Å². The van der Waals surface area contributed by atoms with Gasteiger partial charge in [0.1, 0.15) is 12.4 Å². The summed E-state index contributed by atoms with van der Waals surface area (Å²) in [6, 6.07) is 6.09. The van der Waals surface area contributed by atoms with Crippen LogP contribution in [0.15, 0.2) is 18.2 Å². The summed E-state index contributed by atoms with van der Waals surface area (Å²) in [6.07, 6.45) is 2.22. The number of benzene rings is 1. The molecule has 1 aromatic carbocycles. The van der Waals surface area contributed by atoms with Gasteiger partial charge in [-0.25, -0.2) is 4.98 Å². The SMILES string of the molecule is Cc1ccc2c(c1)nc(CCl)n2CC(=O)N1CCCC1. The van der Waals surface area contributed by atoms with E-state index in [1.807, 2.05) is 34.6 Å². The number of aryl methyl sites for hydroxylation is 1. The lowest BCUT2D eigenvalue weighted by molar-refractivity contribution is -0.130. The largest absolute Gasteiger partial charge is 0.341 e. The highest BCUT2D eigenvalue weighted by Crippen LogP contribution is 2.20. The van der Waals surface area contributed by atoms with E-state index in [4.69, 9.17) is 11.6 Å². The smallest absolute Gasteiger partial charge is 0.242 e. The molecular weight excluding hydrogens is 274 g/mol. The number of likely N-dealkylation sites (tertiary alicyclic amines) is 1. The molecule has 106 valence electrons. The molecule has 1 saturated heterocycles. The van der Waals surface area contributed by atoms with E-state index in [1.165, 1.54) is 0 Å². The standard InChI is InChI=1S/C15H18ClN3O/c1-11-4-5-13-12(8-11)17-14(9-16)19(13)10-15(20)18-6-2-3-7-18/h4-5,8H,2-3,6-7,9-10H2,1H3. The molecule has 0 bridgehead atoms. The number of hydrogen-bond acceptors (Lipinski definition) is 2. The van der Waals surface area contributed by atoms with Crippen LogP contribution in [0.2, 0.25) is 0 Å². The van der Waals surface area contributed by atoms with Gasteiger partial charge in [0.05, 0.1) is 16.9 Å². The molecule has 2 heterocycles. The van der Waals surface area contributed by atoms with Gasteiger partial charge in [0.25, 0.3) is 0 Å². The van der Waals surface area contributed by atoms with Crippen molar-refractivity contribution in [2.75, 3.05) is 13.1 Å². The zero-order valence-corrected chi connectivity index (χ0v) is 12.4. The zero-order chi connectivity index (χ0) is 14.1. The molecular formula is C15H18ClN3O. The van der Waals surface area contributed by atoms with Crippen molar-refractivity contribution < 1.29 is 4.79 Å². The first-order chi connectivity index (χ1) is 9.69. The van der Waals surface area contributed by atoms with Gasteiger partial charge in [-0.15, -0.1) is 11.6 Å². The molecule has 1 amide bonds. The van der Waals surface area contributed by atoms with Crippen molar-refractivity contribution in [1.82, 2.24) is 14.5 Å². The molecule has 4 nitrogen and oxygen atoms in total. The second-order valence-corrected chi connectivity index (χ2v) is 5.60. The number of alkyl halides is 1. The summed E-state index contributed by atoms with van der Waals surface area (Å²) >= 11 is 5.98. The molecule has 0 atom stereocenters. The van der Waals surface area contributed by atoms with Crippen LogP contribution in [0.25, 0.3) is 11.0 Å². The number of imidazole rings is 1. The summed E-state index contributed by atoms with van der Waals surface area (Å²) < 4.78 is 1.95. The summed E-state index contributed by atoms with van der Waals surface area (Å²) in [5.74, 6) is 1.25. The Morgan fingerprint density at radius 1 is 1.35 bits per heavy atom. The van der Waals surface area contributed by atoms with E-state index < -0.39 is 0 Å². The Hall–Kier alpha value is -1.55. The zero-order valence-electron chi connectivity index (χ0n) is 11.6. The number of fused-ring (bicyclic) bond motifs is 1. The number of hydrogen-bond donors (Lipinski definition) is 0. The number of halogens is 1. The number of aromatic nitrogens is 2. The number of carbonyl (C=O) groups excluding carboxylic acids is 1. The fraction of sp³-hybridized carbons (Fsp3) is 0.467. The van der Waals surface area contributed by atoms with E-state index in [2.05, 4.69) is 4.98 Å². The molecule has 0 saturated carbocycles. The molecule has 3 rings (SSSR count). The third-order valence-electron chi connectivity index (χ3n) is 3.85. The molecule has 20 heavy (non-hydrogen) atoms. The van der Waals surface area contributed by atoms with Crippen molar-refractivity contribution in [3.63, 3.8) is 0 Å². The van der Waals surface area contributed by atoms with Gasteiger partial charge in [0.15, 0.2) is 0 Å². The van der Waals surface area contributed by atoms with Crippen LogP contribution in [-0.2, 0) is 17.2 Å². The van der Waals surface area contributed by atoms with Crippen molar-refractivity contribution in [3.05, 3.63) is 29.6 Å². The Bertz CT molecular complexity index is 644. The molecule has 0 spiro atoms. The topological polar surface area (TPSA) is 38.1 Å². The highest BCUT2D eigenvalue weighted by atomic mass is 35.5. The Morgan fingerprint density at radius 2 is 2.10 bits per heavy atom. The first-order valence-corrected chi connectivity index (χ1v) is 7.52. The van der Waals surface area contributed by atoms with Gasteiger partial charge in [0, 0.05) is 13.1 Å². The Morgan fingerprint density at radius 3 is 2.80 bits per heavy atom. The summed E-state index contributed by atoms with van der Waals surface area (Å²) in [5.41, 5.74) is 3.06. The number of nitrogens with zero attached hydrogens (tertiary/aromatic N) is 3. The highest BCUT2D eigenvalue weighted by Gasteiger charge is 2.20. The van der Waals surface area contributed by atoms with Gasteiger partial charge in [-0.3, -0.25) is 4.79 Å². The van der Waals surface area contributed by atoms with Crippen LogP contribution in [0.3, 0.4) is 0 Å². The van der Waals surface area contributed by atoms with Gasteiger partial charge in [-0.05, 0) is 37.5 Å². The van der Waals surface area contributed by atoms with Crippen LogP contribution >= 0.6 is 11.6 Å². The minimum atomic E-state index is 0.161. The van der Waals surface area contributed by atoms with Gasteiger partial charge < -0.3 is 9.47 Å². The maximum absolute atomic E-state index is 12.3. The Kier molecular flexibility index (Phi) is 3.66. The van der Waals surface area contributed by atoms with E-state index in [-0.39, 0.29) is 5.91 Å². The molecule has 0 N–H and O–H groups in total. The highest BCUT2D eigenvalue weighted by molar-refractivity contribution is 6.16. The lowest BCUT2D eigenvalue weighted by atomic mass is 10.2. The molecule has 0 radical (unpaired) electrons. The first-order valence-electron chi connectivity index (χ1n) is 6.98. The predicted molar refractivity (Wildman–Crippen MR) is 79.8 cm³/mol. The van der Waals surface area contributed by atoms with Crippen LogP contribution in [0.4, 0.5) is 0 Å². The van der Waals surface area contributed by atoms with Crippen molar-refractivity contribution in [1.29, 1.82) is 0 Å². The third-order valence-corrected chi connectivity index (χ3v) is 4.09. The minimum Gasteiger partial charge on any atom is -0.341 e. The fourth-order valence-electron chi connectivity index (χ4n) is 2.77. The monoisotopic (exact) mass is 291 g/mol. The van der Waals surface area contributed by atoms with E-state index in [9.17, 15) is 4.79 Å². The molecule has 1 aromatic heterocycles. The van der Waals surface area contributed by atoms with Crippen LogP contribution in [0, 0.1) is 6.92 Å². The van der Waals surface area contributed by atoms with E-state index >= 15 is 0 Å². The van der Waals surface area contributed by atoms with E-state index in [1.54, 1.807) is 0 Å². The van der Waals surface area contributed by atoms with E-state index in [0.29, 0.717) is 12.4 Å². The molecule has 1 fully saturated rings. The van der Waals surface area contributed by atoms with Gasteiger partial charge in [0.2, 0.25) is 5.91 Å². The van der Waals surface area contributed by atoms with Gasteiger partial charge in [-0.1, -0.05) is 6.07 Å². The van der Waals surface area contributed by atoms with E-state index in [0.717, 1.165) is 48.4 Å². The predicted octanol–water partition coefficient (Wildman–Crippen LogP) is 2.71. The van der Waals surface area contributed by atoms with Crippen molar-refractivity contribution >= 4 is 28.5 Å². The second kappa shape index (κ2) is 5.44. The fourth-order valence-corrected chi connectivity index (χ4v) is 2.97. The summed E-state index contributed by atoms with van der Waals surface area (Å²) in [4.78, 5) is 18.8. The molecule has 5 heteroatoms. The van der Waals surface area contributed by atoms with Crippen LogP contribution in [0.5, 0.6) is 0 Å². The number of amides is 1. The molecule has 2 aromatic rings. The normalized spacial score (nSPS) is 15.2. The summed E-state index contributed by atoms with van der Waals surface area (Å²) in [7, 11) is 0. The van der Waals surface area contributed by atoms with Crippen LogP contribution in [0.1, 0.15) is 24.2 Å². The average molecular weight is 292 g/mol. The van der Waals surface area contributed by atoms with Gasteiger partial charge in [-0.2, -0.15) is 0 Å². The lowest BCUT2D eigenvalue weighted by Gasteiger charge is -2.16. The summed E-state index contributed by atoms with van der Waals surface area (Å²) in [6.45, 7) is 4.12. The third kappa shape index (κ3) is 2.40. The Balaban J connectivity index is 1.94. The van der Waals surface area contributed by atoms with Crippen molar-refractivity contribution in [2.45, 2.75) is 32.2 Å². The quantitative estimate of drug-likeness (QED) is 0.816. The van der Waals surface area contributed by atoms with Crippen molar-refractivity contribution in [2.24, 2.45) is 0 Å². The first kappa shape index (κ1) is 13.4. The molecule has 0 aliphatic carbocycles. The maximum atomic E-state index is 12.3. The average Bonchev–Trinajstić information content (AvgIpc) is 3.06. The molecule has 1 aliphatic rings. The number of carbonyl (C=O) groups is 1. The Labute approximate surface area is 123 Å². The summed E-state index contributed by atoms with van der Waals surface area (Å²) in [5, 5.41) is 0. The maximum Gasteiger partial charge on any atom is 0.242 e.